The maximum absolute atomic E-state index is 14.1. The van der Waals surface area contributed by atoms with E-state index in [1.807, 2.05) is 0 Å². The Hall–Kier alpha value is -1.96. The lowest BCUT2D eigenvalue weighted by atomic mass is 10.1. The summed E-state index contributed by atoms with van der Waals surface area (Å²) < 4.78 is 37.7. The second-order valence-corrected chi connectivity index (χ2v) is 7.68. The van der Waals surface area contributed by atoms with E-state index in [-0.39, 0.29) is 23.4 Å². The lowest BCUT2D eigenvalue weighted by Gasteiger charge is -2.18. The predicted octanol–water partition coefficient (Wildman–Crippen LogP) is 1.29. The molecule has 0 radical (unpaired) electrons. The number of carbonyl (C=O) groups is 2. The van der Waals surface area contributed by atoms with Crippen molar-refractivity contribution in [1.82, 2.24) is 4.90 Å². The predicted molar refractivity (Wildman–Crippen MR) is 80.9 cm³/mol. The Morgan fingerprint density at radius 3 is 2.52 bits per heavy atom. The minimum Gasteiger partial charge on any atom is -0.479 e. The number of hydrogen-bond acceptors (Lipinski definition) is 4. The van der Waals surface area contributed by atoms with Gasteiger partial charge in [-0.15, -0.1) is 0 Å². The summed E-state index contributed by atoms with van der Waals surface area (Å²) in [6.45, 7) is 1.24. The number of amides is 1. The Morgan fingerprint density at radius 2 is 2.04 bits per heavy atom. The SMILES string of the molecule is CCc1ccc(C(=O)N2CCC(F)(C(=O)O)C2)cc1S(C)(=O)=O. The number of carboxylic acid groups (broad SMARTS) is 1. The van der Waals surface area contributed by atoms with Crippen LogP contribution in [-0.2, 0) is 21.1 Å². The van der Waals surface area contributed by atoms with Gasteiger partial charge in [-0.1, -0.05) is 13.0 Å². The molecule has 0 aliphatic carbocycles. The van der Waals surface area contributed by atoms with Crippen molar-refractivity contribution in [2.45, 2.75) is 30.3 Å². The molecule has 23 heavy (non-hydrogen) atoms. The maximum atomic E-state index is 14.1. The number of aliphatic carboxylic acids is 1. The van der Waals surface area contributed by atoms with Gasteiger partial charge in [0.25, 0.3) is 5.91 Å². The van der Waals surface area contributed by atoms with Gasteiger partial charge in [0.05, 0.1) is 11.4 Å². The summed E-state index contributed by atoms with van der Waals surface area (Å²) in [5.41, 5.74) is -1.74. The number of hydrogen-bond donors (Lipinski definition) is 1. The van der Waals surface area contributed by atoms with Crippen molar-refractivity contribution in [3.05, 3.63) is 29.3 Å². The van der Waals surface area contributed by atoms with E-state index in [1.165, 1.54) is 12.1 Å². The first kappa shape index (κ1) is 17.4. The molecule has 8 heteroatoms. The molecule has 1 aromatic rings. The van der Waals surface area contributed by atoms with E-state index in [2.05, 4.69) is 0 Å². The van der Waals surface area contributed by atoms with Gasteiger partial charge in [-0.3, -0.25) is 4.79 Å². The summed E-state index contributed by atoms with van der Waals surface area (Å²) in [5, 5.41) is 8.87. The fourth-order valence-electron chi connectivity index (χ4n) is 2.63. The molecule has 6 nitrogen and oxygen atoms in total. The van der Waals surface area contributed by atoms with Crippen molar-refractivity contribution in [3.8, 4) is 0 Å². The molecule has 1 heterocycles. The van der Waals surface area contributed by atoms with Crippen LogP contribution in [0.2, 0.25) is 0 Å². The number of aryl methyl sites for hydroxylation is 1. The molecule has 1 aromatic carbocycles. The average Bonchev–Trinajstić information content (AvgIpc) is 2.89. The van der Waals surface area contributed by atoms with Gasteiger partial charge in [-0.25, -0.2) is 17.6 Å². The number of halogens is 1. The van der Waals surface area contributed by atoms with E-state index in [4.69, 9.17) is 5.11 Å². The van der Waals surface area contributed by atoms with E-state index in [0.717, 1.165) is 11.2 Å². The van der Waals surface area contributed by atoms with E-state index < -0.39 is 33.9 Å². The highest BCUT2D eigenvalue weighted by Gasteiger charge is 2.47. The Morgan fingerprint density at radius 1 is 1.39 bits per heavy atom. The molecule has 126 valence electrons. The van der Waals surface area contributed by atoms with Gasteiger partial charge >= 0.3 is 5.97 Å². The first-order valence-corrected chi connectivity index (χ1v) is 9.02. The number of benzene rings is 1. The van der Waals surface area contributed by atoms with Gasteiger partial charge in [0.2, 0.25) is 5.67 Å². The van der Waals surface area contributed by atoms with Crippen molar-refractivity contribution in [1.29, 1.82) is 0 Å². The Labute approximate surface area is 133 Å². The van der Waals surface area contributed by atoms with Crippen LogP contribution in [0, 0.1) is 0 Å². The molecule has 1 N–H and O–H groups in total. The third kappa shape index (κ3) is 3.36. The monoisotopic (exact) mass is 343 g/mol. The molecular formula is C15H18FNO5S. The van der Waals surface area contributed by atoms with Crippen LogP contribution in [0.5, 0.6) is 0 Å². The topological polar surface area (TPSA) is 91.8 Å². The van der Waals surface area contributed by atoms with Crippen LogP contribution in [-0.4, -0.2) is 55.3 Å². The third-order valence-electron chi connectivity index (χ3n) is 3.98. The molecule has 0 aromatic heterocycles. The fraction of sp³-hybridized carbons (Fsp3) is 0.467. The molecule has 1 unspecified atom stereocenters. The van der Waals surface area contributed by atoms with Crippen LogP contribution < -0.4 is 0 Å². The van der Waals surface area contributed by atoms with Gasteiger partial charge in [-0.05, 0) is 24.1 Å². The minimum absolute atomic E-state index is 0.0224. The third-order valence-corrected chi connectivity index (χ3v) is 5.16. The van der Waals surface area contributed by atoms with Crippen LogP contribution in [0.1, 0.15) is 29.3 Å². The van der Waals surface area contributed by atoms with Crippen molar-refractivity contribution < 1.29 is 27.5 Å². The van der Waals surface area contributed by atoms with Crippen molar-refractivity contribution in [2.24, 2.45) is 0 Å². The smallest absolute Gasteiger partial charge is 0.343 e. The van der Waals surface area contributed by atoms with Gasteiger partial charge < -0.3 is 10.0 Å². The van der Waals surface area contributed by atoms with Crippen LogP contribution in [0.25, 0.3) is 0 Å². The number of sulfone groups is 1. The zero-order valence-electron chi connectivity index (χ0n) is 12.9. The Balaban J connectivity index is 2.33. The van der Waals surface area contributed by atoms with E-state index in [1.54, 1.807) is 13.0 Å². The minimum atomic E-state index is -3.50. The first-order chi connectivity index (χ1) is 10.6. The molecule has 2 rings (SSSR count). The second-order valence-electron chi connectivity index (χ2n) is 5.70. The highest BCUT2D eigenvalue weighted by atomic mass is 32.2. The molecule has 1 atom stereocenters. The highest BCUT2D eigenvalue weighted by Crippen LogP contribution is 2.28. The van der Waals surface area contributed by atoms with Gasteiger partial charge in [0.1, 0.15) is 0 Å². The lowest BCUT2D eigenvalue weighted by molar-refractivity contribution is -0.149. The number of nitrogens with zero attached hydrogens (tertiary/aromatic N) is 1. The molecule has 1 aliphatic heterocycles. The fourth-order valence-corrected chi connectivity index (χ4v) is 3.66. The quantitative estimate of drug-likeness (QED) is 0.889. The summed E-state index contributed by atoms with van der Waals surface area (Å²) in [5.74, 6) is -2.16. The second kappa shape index (κ2) is 5.92. The molecule has 1 fully saturated rings. The van der Waals surface area contributed by atoms with Crippen molar-refractivity contribution >= 4 is 21.7 Å². The largest absolute Gasteiger partial charge is 0.479 e. The molecule has 0 bridgehead atoms. The molecule has 1 amide bonds. The van der Waals surface area contributed by atoms with Crippen LogP contribution in [0.4, 0.5) is 4.39 Å². The Kier molecular flexibility index (Phi) is 4.48. The number of likely N-dealkylation sites (tertiary alicyclic amines) is 1. The summed E-state index contributed by atoms with van der Waals surface area (Å²) in [7, 11) is -3.50. The summed E-state index contributed by atoms with van der Waals surface area (Å²) in [6.07, 6.45) is 1.27. The first-order valence-electron chi connectivity index (χ1n) is 7.13. The summed E-state index contributed by atoms with van der Waals surface area (Å²) in [4.78, 5) is 24.5. The van der Waals surface area contributed by atoms with Gasteiger partial charge in [0, 0.05) is 24.8 Å². The van der Waals surface area contributed by atoms with Gasteiger partial charge in [0.15, 0.2) is 9.84 Å². The Bertz CT molecular complexity index is 761. The normalized spacial score (nSPS) is 21.4. The molecule has 1 aliphatic rings. The molecule has 0 spiro atoms. The van der Waals surface area contributed by atoms with Crippen LogP contribution >= 0.6 is 0 Å². The lowest BCUT2D eigenvalue weighted by Crippen LogP contribution is -2.38. The van der Waals surface area contributed by atoms with Crippen LogP contribution in [0.3, 0.4) is 0 Å². The van der Waals surface area contributed by atoms with Crippen LogP contribution in [0.15, 0.2) is 23.1 Å². The van der Waals surface area contributed by atoms with E-state index in [9.17, 15) is 22.4 Å². The zero-order chi connectivity index (χ0) is 17.4. The molecular weight excluding hydrogens is 325 g/mol. The van der Waals surface area contributed by atoms with E-state index in [0.29, 0.717) is 12.0 Å². The summed E-state index contributed by atoms with van der Waals surface area (Å²) >= 11 is 0. The number of alkyl halides is 1. The number of carbonyl (C=O) groups excluding carboxylic acids is 1. The van der Waals surface area contributed by atoms with Gasteiger partial charge in [-0.2, -0.15) is 0 Å². The highest BCUT2D eigenvalue weighted by molar-refractivity contribution is 7.90. The van der Waals surface area contributed by atoms with Crippen molar-refractivity contribution in [3.63, 3.8) is 0 Å². The molecule has 0 saturated carbocycles. The van der Waals surface area contributed by atoms with E-state index >= 15 is 0 Å². The average molecular weight is 343 g/mol. The number of rotatable bonds is 4. The number of carboxylic acids is 1. The summed E-state index contributed by atoms with van der Waals surface area (Å²) in [6, 6.07) is 4.31. The maximum Gasteiger partial charge on any atom is 0.343 e. The standard InChI is InChI=1S/C15H18FNO5S/c1-3-10-4-5-11(8-12(10)23(2,21)22)13(18)17-7-6-15(16,9-17)14(19)20/h4-5,8H,3,6-7,9H2,1-2H3,(H,19,20). The van der Waals surface area contributed by atoms with Crippen molar-refractivity contribution in [2.75, 3.05) is 19.3 Å². The molecule has 1 saturated heterocycles. The zero-order valence-corrected chi connectivity index (χ0v) is 13.7.